The molecule has 26 heavy (non-hydrogen) atoms. The summed E-state index contributed by atoms with van der Waals surface area (Å²) in [6.45, 7) is 4.86. The molecule has 0 aliphatic carbocycles. The fourth-order valence-corrected chi connectivity index (χ4v) is 4.86. The van der Waals surface area contributed by atoms with Gasteiger partial charge in [-0.15, -0.1) is 0 Å². The zero-order valence-electron chi connectivity index (χ0n) is 15.1. The molecule has 3 aliphatic heterocycles. The number of benzene rings is 1. The van der Waals surface area contributed by atoms with E-state index >= 15 is 0 Å². The molecule has 2 bridgehead atoms. The lowest BCUT2D eigenvalue weighted by Crippen LogP contribution is -2.52. The molecule has 4 heterocycles. The first kappa shape index (κ1) is 16.1. The molecule has 136 valence electrons. The second-order valence-electron chi connectivity index (χ2n) is 7.97. The third-order valence-electron chi connectivity index (χ3n) is 6.08. The molecule has 1 aromatic carbocycles. The Hall–Kier alpha value is -2.11. The van der Waals surface area contributed by atoms with Crippen LogP contribution in [0.5, 0.6) is 0 Å². The van der Waals surface area contributed by atoms with Crippen molar-refractivity contribution in [2.75, 3.05) is 24.5 Å². The van der Waals surface area contributed by atoms with Gasteiger partial charge in [0.1, 0.15) is 0 Å². The van der Waals surface area contributed by atoms with Crippen LogP contribution in [0.1, 0.15) is 29.7 Å². The van der Waals surface area contributed by atoms with E-state index in [1.54, 1.807) is 0 Å². The highest BCUT2D eigenvalue weighted by Gasteiger charge is 2.34. The molecule has 2 saturated heterocycles. The predicted octanol–water partition coefficient (Wildman–Crippen LogP) is 1.87. The minimum absolute atomic E-state index is 0.0335. The molecule has 2 aromatic rings. The number of aromatic amines is 1. The molecule has 0 saturated carbocycles. The SMILES string of the molecule is O=c1cc(N2CC3CCC(C2)N3)c2c([nH]1)CN(Cc1ccccc1)CC2. The zero-order chi connectivity index (χ0) is 17.5. The Morgan fingerprint density at radius 2 is 1.85 bits per heavy atom. The highest BCUT2D eigenvalue weighted by molar-refractivity contribution is 5.56. The number of aromatic nitrogens is 1. The number of hydrogen-bond acceptors (Lipinski definition) is 4. The van der Waals surface area contributed by atoms with Crippen LogP contribution in [-0.4, -0.2) is 41.6 Å². The van der Waals surface area contributed by atoms with Crippen LogP contribution in [0.4, 0.5) is 5.69 Å². The summed E-state index contributed by atoms with van der Waals surface area (Å²) in [5.74, 6) is 0. The van der Waals surface area contributed by atoms with Crippen molar-refractivity contribution < 1.29 is 0 Å². The van der Waals surface area contributed by atoms with Gasteiger partial charge in [-0.05, 0) is 30.4 Å². The average molecular weight is 350 g/mol. The molecule has 2 fully saturated rings. The van der Waals surface area contributed by atoms with Gasteiger partial charge in [-0.25, -0.2) is 0 Å². The second kappa shape index (κ2) is 6.56. The van der Waals surface area contributed by atoms with Gasteiger partial charge < -0.3 is 15.2 Å². The molecular weight excluding hydrogens is 324 g/mol. The molecule has 2 unspecified atom stereocenters. The van der Waals surface area contributed by atoms with E-state index in [0.717, 1.165) is 44.8 Å². The van der Waals surface area contributed by atoms with Crippen LogP contribution in [0.2, 0.25) is 0 Å². The van der Waals surface area contributed by atoms with Crippen LogP contribution < -0.4 is 15.8 Å². The van der Waals surface area contributed by atoms with Crippen molar-refractivity contribution in [3.05, 3.63) is 63.6 Å². The van der Waals surface area contributed by atoms with Crippen LogP contribution in [0.15, 0.2) is 41.2 Å². The Bertz CT molecular complexity index is 835. The first-order chi connectivity index (χ1) is 12.7. The lowest BCUT2D eigenvalue weighted by Gasteiger charge is -2.37. The highest BCUT2D eigenvalue weighted by atomic mass is 16.1. The molecule has 0 spiro atoms. The van der Waals surface area contributed by atoms with Crippen molar-refractivity contribution in [1.82, 2.24) is 15.2 Å². The van der Waals surface area contributed by atoms with Crippen LogP contribution in [0.3, 0.4) is 0 Å². The molecule has 2 N–H and O–H groups in total. The molecule has 2 atom stereocenters. The number of piperazine rings is 1. The Labute approximate surface area is 154 Å². The van der Waals surface area contributed by atoms with Gasteiger partial charge in [0.2, 0.25) is 5.56 Å². The van der Waals surface area contributed by atoms with Gasteiger partial charge in [-0.1, -0.05) is 30.3 Å². The molecule has 3 aliphatic rings. The van der Waals surface area contributed by atoms with Crippen molar-refractivity contribution in [3.8, 4) is 0 Å². The monoisotopic (exact) mass is 350 g/mol. The Kier molecular flexibility index (Phi) is 4.06. The van der Waals surface area contributed by atoms with Gasteiger partial charge in [0.05, 0.1) is 0 Å². The summed E-state index contributed by atoms with van der Waals surface area (Å²) in [5.41, 5.74) is 5.01. The van der Waals surface area contributed by atoms with Crippen molar-refractivity contribution >= 4 is 5.69 Å². The summed E-state index contributed by atoms with van der Waals surface area (Å²) in [6, 6.07) is 13.6. The Balaban J connectivity index is 1.40. The normalized spacial score (nSPS) is 25.3. The summed E-state index contributed by atoms with van der Waals surface area (Å²) in [4.78, 5) is 20.3. The number of fused-ring (bicyclic) bond motifs is 3. The van der Waals surface area contributed by atoms with Crippen molar-refractivity contribution in [2.45, 2.75) is 44.4 Å². The maximum absolute atomic E-state index is 12.3. The van der Waals surface area contributed by atoms with Gasteiger partial charge >= 0.3 is 0 Å². The molecular formula is C21H26N4O. The van der Waals surface area contributed by atoms with Crippen LogP contribution >= 0.6 is 0 Å². The lowest BCUT2D eigenvalue weighted by molar-refractivity contribution is 0.241. The van der Waals surface area contributed by atoms with Crippen molar-refractivity contribution in [1.29, 1.82) is 0 Å². The van der Waals surface area contributed by atoms with Gasteiger partial charge in [0.15, 0.2) is 0 Å². The van der Waals surface area contributed by atoms with Gasteiger partial charge in [0, 0.05) is 62.3 Å². The van der Waals surface area contributed by atoms with E-state index in [9.17, 15) is 4.79 Å². The standard InChI is InChI=1S/C21H26N4O/c26-21-10-20(25-12-16-6-7-17(13-25)22-16)18-8-9-24(14-19(18)23-21)11-15-4-2-1-3-5-15/h1-5,10,16-17,22H,6-9,11-14H2,(H,23,26). The molecule has 5 rings (SSSR count). The topological polar surface area (TPSA) is 51.4 Å². The maximum atomic E-state index is 12.3. The van der Waals surface area contributed by atoms with Gasteiger partial charge in [0.25, 0.3) is 0 Å². The smallest absolute Gasteiger partial charge is 0.250 e. The largest absolute Gasteiger partial charge is 0.368 e. The number of pyridine rings is 1. The molecule has 0 radical (unpaired) electrons. The average Bonchev–Trinajstić information content (AvgIpc) is 2.99. The molecule has 0 amide bonds. The van der Waals surface area contributed by atoms with E-state index in [4.69, 9.17) is 0 Å². The third-order valence-corrected chi connectivity index (χ3v) is 6.08. The first-order valence-electron chi connectivity index (χ1n) is 9.77. The Morgan fingerprint density at radius 3 is 2.62 bits per heavy atom. The van der Waals surface area contributed by atoms with Crippen molar-refractivity contribution in [3.63, 3.8) is 0 Å². The van der Waals surface area contributed by atoms with Crippen LogP contribution in [0, 0.1) is 0 Å². The molecule has 5 heteroatoms. The predicted molar refractivity (Wildman–Crippen MR) is 103 cm³/mol. The summed E-state index contributed by atoms with van der Waals surface area (Å²) < 4.78 is 0. The fourth-order valence-electron chi connectivity index (χ4n) is 4.86. The summed E-state index contributed by atoms with van der Waals surface area (Å²) in [7, 11) is 0. The fraction of sp³-hybridized carbons (Fsp3) is 0.476. The number of rotatable bonds is 3. The highest BCUT2D eigenvalue weighted by Crippen LogP contribution is 2.31. The first-order valence-corrected chi connectivity index (χ1v) is 9.77. The van der Waals surface area contributed by atoms with E-state index in [1.165, 1.54) is 29.7 Å². The number of nitrogens with one attached hydrogen (secondary N) is 2. The van der Waals surface area contributed by atoms with E-state index in [1.807, 2.05) is 6.07 Å². The number of hydrogen-bond donors (Lipinski definition) is 2. The minimum Gasteiger partial charge on any atom is -0.368 e. The molecule has 5 nitrogen and oxygen atoms in total. The maximum Gasteiger partial charge on any atom is 0.250 e. The van der Waals surface area contributed by atoms with Crippen LogP contribution in [-0.2, 0) is 19.5 Å². The summed E-state index contributed by atoms with van der Waals surface area (Å²) in [5, 5.41) is 3.68. The summed E-state index contributed by atoms with van der Waals surface area (Å²) >= 11 is 0. The van der Waals surface area contributed by atoms with Crippen LogP contribution in [0.25, 0.3) is 0 Å². The third kappa shape index (κ3) is 3.06. The zero-order valence-corrected chi connectivity index (χ0v) is 15.1. The van der Waals surface area contributed by atoms with E-state index in [0.29, 0.717) is 12.1 Å². The second-order valence-corrected chi connectivity index (χ2v) is 7.97. The van der Waals surface area contributed by atoms with E-state index in [-0.39, 0.29) is 5.56 Å². The minimum atomic E-state index is 0.0335. The number of anilines is 1. The van der Waals surface area contributed by atoms with Crippen molar-refractivity contribution in [2.24, 2.45) is 0 Å². The lowest BCUT2D eigenvalue weighted by atomic mass is 10.0. The number of H-pyrrole nitrogens is 1. The van der Waals surface area contributed by atoms with E-state index < -0.39 is 0 Å². The Morgan fingerprint density at radius 1 is 1.08 bits per heavy atom. The van der Waals surface area contributed by atoms with E-state index in [2.05, 4.69) is 50.4 Å². The van der Waals surface area contributed by atoms with Gasteiger partial charge in [-0.2, -0.15) is 0 Å². The number of nitrogens with zero attached hydrogens (tertiary/aromatic N) is 2. The quantitative estimate of drug-likeness (QED) is 0.887. The van der Waals surface area contributed by atoms with Gasteiger partial charge in [-0.3, -0.25) is 9.69 Å². The molecule has 1 aromatic heterocycles. The summed E-state index contributed by atoms with van der Waals surface area (Å²) in [6.07, 6.45) is 3.53.